The predicted molar refractivity (Wildman–Crippen MR) is 77.2 cm³/mol. The molecule has 1 aromatic rings. The Balaban J connectivity index is 1.73. The van der Waals surface area contributed by atoms with Crippen molar-refractivity contribution in [2.45, 2.75) is 25.4 Å². The molecule has 0 unspecified atom stereocenters. The molecule has 20 heavy (non-hydrogen) atoms. The topological polar surface area (TPSA) is 40.5 Å². The Hall–Kier alpha value is -1.61. The van der Waals surface area contributed by atoms with Crippen LogP contribution >= 0.6 is 0 Å². The average molecular weight is 269 g/mol. The largest absolute Gasteiger partial charge is 0.393 e. The van der Waals surface area contributed by atoms with E-state index in [-0.39, 0.29) is 29.3 Å². The van der Waals surface area contributed by atoms with Crippen molar-refractivity contribution >= 4 is 11.6 Å². The first-order chi connectivity index (χ1) is 9.71. The molecule has 104 valence electrons. The molecular formula is C17H19NO2. The summed E-state index contributed by atoms with van der Waals surface area (Å²) in [5, 5.41) is 10.2. The van der Waals surface area contributed by atoms with E-state index in [4.69, 9.17) is 0 Å². The zero-order valence-electron chi connectivity index (χ0n) is 11.4. The maximum absolute atomic E-state index is 13.0. The van der Waals surface area contributed by atoms with Gasteiger partial charge in [-0.05, 0) is 37.3 Å². The predicted octanol–water partition coefficient (Wildman–Crippen LogP) is 2.37. The molecule has 0 aromatic heterocycles. The minimum Gasteiger partial charge on any atom is -0.393 e. The third-order valence-corrected chi connectivity index (χ3v) is 5.41. The third-order valence-electron chi connectivity index (χ3n) is 5.41. The summed E-state index contributed by atoms with van der Waals surface area (Å²) in [5.41, 5.74) is 0.732. The number of benzene rings is 1. The van der Waals surface area contributed by atoms with Gasteiger partial charge in [-0.25, -0.2) is 0 Å². The summed E-state index contributed by atoms with van der Waals surface area (Å²) in [6.07, 6.45) is 6.33. The molecule has 2 fully saturated rings. The van der Waals surface area contributed by atoms with Crippen molar-refractivity contribution in [3.8, 4) is 0 Å². The van der Waals surface area contributed by atoms with Crippen molar-refractivity contribution < 1.29 is 9.90 Å². The van der Waals surface area contributed by atoms with Gasteiger partial charge in [-0.2, -0.15) is 0 Å². The fourth-order valence-electron chi connectivity index (χ4n) is 4.32. The van der Waals surface area contributed by atoms with Crippen LogP contribution in [0.25, 0.3) is 0 Å². The van der Waals surface area contributed by atoms with Crippen LogP contribution in [0, 0.1) is 17.3 Å². The van der Waals surface area contributed by atoms with E-state index in [0.29, 0.717) is 0 Å². The Kier molecular flexibility index (Phi) is 2.55. The van der Waals surface area contributed by atoms with Crippen molar-refractivity contribution in [3.63, 3.8) is 0 Å². The quantitative estimate of drug-likeness (QED) is 0.795. The molecule has 3 heteroatoms. The van der Waals surface area contributed by atoms with Gasteiger partial charge < -0.3 is 10.0 Å². The lowest BCUT2D eigenvalue weighted by molar-refractivity contribution is -0.131. The summed E-state index contributed by atoms with van der Waals surface area (Å²) < 4.78 is 0. The van der Waals surface area contributed by atoms with Gasteiger partial charge >= 0.3 is 0 Å². The summed E-state index contributed by atoms with van der Waals surface area (Å²) in [5.74, 6) is 0.709. The van der Waals surface area contributed by atoms with E-state index in [2.05, 4.69) is 12.2 Å². The number of hydrogen-bond acceptors (Lipinski definition) is 2. The van der Waals surface area contributed by atoms with E-state index < -0.39 is 0 Å². The smallest absolute Gasteiger partial charge is 0.233 e. The SMILES string of the molecule is O=C1N(c2ccccc2)C[C@H]2C[C@H](O)[C@@H]3C=CC[C@]12C3. The summed E-state index contributed by atoms with van der Waals surface area (Å²) in [6.45, 7) is 0.750. The van der Waals surface area contributed by atoms with Gasteiger partial charge in [-0.15, -0.1) is 0 Å². The van der Waals surface area contributed by atoms with E-state index in [0.717, 1.165) is 31.5 Å². The highest BCUT2D eigenvalue weighted by Gasteiger charge is 2.58. The number of nitrogens with zero attached hydrogens (tertiary/aromatic N) is 1. The minimum absolute atomic E-state index is 0.166. The molecule has 2 bridgehead atoms. The Morgan fingerprint density at radius 1 is 1.25 bits per heavy atom. The highest BCUT2D eigenvalue weighted by Crippen LogP contribution is 2.54. The lowest BCUT2D eigenvalue weighted by atomic mass is 9.59. The standard InChI is InChI=1S/C17H19NO2/c19-15-9-13-11-18(14-6-2-1-3-7-14)16(20)17(13)8-4-5-12(15)10-17/h1-7,12-13,15,19H,8-11H2/t12-,13-,15+,17-/m1/s1. The molecule has 3 nitrogen and oxygen atoms in total. The highest BCUT2D eigenvalue weighted by atomic mass is 16.3. The summed E-state index contributed by atoms with van der Waals surface area (Å²) in [6, 6.07) is 9.91. The van der Waals surface area contributed by atoms with Crippen LogP contribution in [0.1, 0.15) is 19.3 Å². The summed E-state index contributed by atoms with van der Waals surface area (Å²) >= 11 is 0. The number of carbonyl (C=O) groups excluding carboxylic acids is 1. The van der Waals surface area contributed by atoms with Crippen LogP contribution in [0.5, 0.6) is 0 Å². The zero-order valence-corrected chi connectivity index (χ0v) is 11.4. The number of anilines is 1. The molecule has 1 saturated carbocycles. The second kappa shape index (κ2) is 4.19. The molecule has 1 N–H and O–H groups in total. The first-order valence-electron chi connectivity index (χ1n) is 7.42. The first kappa shape index (κ1) is 12.2. The molecule has 0 radical (unpaired) electrons. The van der Waals surface area contributed by atoms with Crippen LogP contribution in [0.4, 0.5) is 5.69 Å². The van der Waals surface area contributed by atoms with Crippen molar-refractivity contribution in [2.75, 3.05) is 11.4 Å². The van der Waals surface area contributed by atoms with Crippen LogP contribution in [-0.4, -0.2) is 23.7 Å². The number of rotatable bonds is 1. The second-order valence-corrected chi connectivity index (χ2v) is 6.41. The maximum Gasteiger partial charge on any atom is 0.233 e. The molecular weight excluding hydrogens is 250 g/mol. The van der Waals surface area contributed by atoms with Crippen LogP contribution in [0.15, 0.2) is 42.5 Å². The number of aliphatic hydroxyl groups is 1. The number of allylic oxidation sites excluding steroid dienone is 1. The Morgan fingerprint density at radius 3 is 2.85 bits per heavy atom. The molecule has 1 aliphatic heterocycles. The fraction of sp³-hybridized carbons (Fsp3) is 0.471. The minimum atomic E-state index is -0.284. The van der Waals surface area contributed by atoms with Crippen molar-refractivity contribution in [1.82, 2.24) is 0 Å². The maximum atomic E-state index is 13.0. The van der Waals surface area contributed by atoms with Gasteiger partial charge in [0.2, 0.25) is 5.91 Å². The molecule has 1 aromatic carbocycles. The monoisotopic (exact) mass is 269 g/mol. The number of para-hydroxylation sites is 1. The van der Waals surface area contributed by atoms with Gasteiger partial charge in [-0.3, -0.25) is 4.79 Å². The molecule has 4 atom stereocenters. The van der Waals surface area contributed by atoms with Crippen molar-refractivity contribution in [1.29, 1.82) is 0 Å². The number of fused-ring (bicyclic) bond motifs is 1. The molecule has 1 heterocycles. The van der Waals surface area contributed by atoms with E-state index in [1.165, 1.54) is 0 Å². The molecule has 4 rings (SSSR count). The number of hydrogen-bond donors (Lipinski definition) is 1. The van der Waals surface area contributed by atoms with Gasteiger partial charge in [0.1, 0.15) is 0 Å². The Labute approximate surface area is 118 Å². The third kappa shape index (κ3) is 1.53. The average Bonchev–Trinajstić information content (AvgIpc) is 2.74. The Morgan fingerprint density at radius 2 is 2.05 bits per heavy atom. The summed E-state index contributed by atoms with van der Waals surface area (Å²) in [4.78, 5) is 14.9. The number of carbonyl (C=O) groups is 1. The lowest BCUT2D eigenvalue weighted by Gasteiger charge is -2.44. The summed E-state index contributed by atoms with van der Waals surface area (Å²) in [7, 11) is 0. The second-order valence-electron chi connectivity index (χ2n) is 6.41. The molecule has 1 saturated heterocycles. The van der Waals surface area contributed by atoms with Gasteiger partial charge in [0.25, 0.3) is 0 Å². The van der Waals surface area contributed by atoms with Crippen molar-refractivity contribution in [2.24, 2.45) is 17.3 Å². The zero-order chi connectivity index (χ0) is 13.7. The lowest BCUT2D eigenvalue weighted by Crippen LogP contribution is -2.46. The van der Waals surface area contributed by atoms with Gasteiger partial charge in [0.15, 0.2) is 0 Å². The van der Waals surface area contributed by atoms with E-state index >= 15 is 0 Å². The first-order valence-corrected chi connectivity index (χ1v) is 7.42. The van der Waals surface area contributed by atoms with Gasteiger partial charge in [0, 0.05) is 18.2 Å². The normalized spacial score (nSPS) is 39.0. The number of amides is 1. The molecule has 1 spiro atoms. The van der Waals surface area contributed by atoms with Crippen LogP contribution in [0.3, 0.4) is 0 Å². The highest BCUT2D eigenvalue weighted by molar-refractivity contribution is 6.00. The molecule has 2 aliphatic carbocycles. The molecule has 3 aliphatic rings. The van der Waals surface area contributed by atoms with E-state index in [9.17, 15) is 9.90 Å². The van der Waals surface area contributed by atoms with Gasteiger partial charge in [0.05, 0.1) is 11.5 Å². The van der Waals surface area contributed by atoms with Gasteiger partial charge in [-0.1, -0.05) is 30.4 Å². The number of aliphatic hydroxyl groups excluding tert-OH is 1. The fourth-order valence-corrected chi connectivity index (χ4v) is 4.32. The van der Waals surface area contributed by atoms with E-state index in [1.54, 1.807) is 0 Å². The van der Waals surface area contributed by atoms with Crippen LogP contribution in [0.2, 0.25) is 0 Å². The van der Waals surface area contributed by atoms with Crippen molar-refractivity contribution in [3.05, 3.63) is 42.5 Å². The Bertz CT molecular complexity index is 568. The molecule has 1 amide bonds. The van der Waals surface area contributed by atoms with Crippen LogP contribution in [-0.2, 0) is 4.79 Å². The van der Waals surface area contributed by atoms with E-state index in [1.807, 2.05) is 35.2 Å². The van der Waals surface area contributed by atoms with Crippen LogP contribution < -0.4 is 4.90 Å².